The third-order valence-corrected chi connectivity index (χ3v) is 2.27. The SMILES string of the molecule is CCC(NC[C@@H](C)O)c1ccccc1. The van der Waals surface area contributed by atoms with Gasteiger partial charge in [-0.1, -0.05) is 37.3 Å². The van der Waals surface area contributed by atoms with Crippen molar-refractivity contribution in [2.45, 2.75) is 32.4 Å². The first kappa shape index (κ1) is 11.2. The largest absolute Gasteiger partial charge is 0.392 e. The van der Waals surface area contributed by atoms with Gasteiger partial charge in [0.05, 0.1) is 6.10 Å². The zero-order valence-corrected chi connectivity index (χ0v) is 8.90. The molecule has 0 amide bonds. The van der Waals surface area contributed by atoms with Crippen molar-refractivity contribution in [2.75, 3.05) is 6.54 Å². The Morgan fingerprint density at radius 3 is 2.43 bits per heavy atom. The molecule has 0 aliphatic rings. The maximum Gasteiger partial charge on any atom is 0.0636 e. The molecule has 0 fully saturated rings. The lowest BCUT2D eigenvalue weighted by Crippen LogP contribution is -2.28. The first-order valence-corrected chi connectivity index (χ1v) is 5.20. The monoisotopic (exact) mass is 193 g/mol. The van der Waals surface area contributed by atoms with Gasteiger partial charge >= 0.3 is 0 Å². The summed E-state index contributed by atoms with van der Waals surface area (Å²) in [5.74, 6) is 0. The molecule has 0 bridgehead atoms. The predicted molar refractivity (Wildman–Crippen MR) is 59.2 cm³/mol. The second-order valence-electron chi connectivity index (χ2n) is 3.63. The first-order chi connectivity index (χ1) is 6.74. The molecule has 0 radical (unpaired) electrons. The van der Waals surface area contributed by atoms with Crippen LogP contribution in [0.2, 0.25) is 0 Å². The highest BCUT2D eigenvalue weighted by molar-refractivity contribution is 5.18. The fourth-order valence-corrected chi connectivity index (χ4v) is 1.50. The summed E-state index contributed by atoms with van der Waals surface area (Å²) >= 11 is 0. The summed E-state index contributed by atoms with van der Waals surface area (Å²) in [6, 6.07) is 10.7. The van der Waals surface area contributed by atoms with Gasteiger partial charge in [-0.05, 0) is 18.9 Å². The highest BCUT2D eigenvalue weighted by Crippen LogP contribution is 2.15. The minimum atomic E-state index is -0.284. The van der Waals surface area contributed by atoms with E-state index in [1.165, 1.54) is 5.56 Å². The summed E-state index contributed by atoms with van der Waals surface area (Å²) in [5, 5.41) is 12.5. The Morgan fingerprint density at radius 1 is 1.29 bits per heavy atom. The second kappa shape index (κ2) is 5.78. The minimum Gasteiger partial charge on any atom is -0.392 e. The van der Waals surface area contributed by atoms with E-state index in [0.29, 0.717) is 12.6 Å². The molecule has 14 heavy (non-hydrogen) atoms. The third-order valence-electron chi connectivity index (χ3n) is 2.27. The molecule has 2 nitrogen and oxygen atoms in total. The van der Waals surface area contributed by atoms with E-state index in [-0.39, 0.29) is 6.10 Å². The van der Waals surface area contributed by atoms with Crippen LogP contribution in [0.4, 0.5) is 0 Å². The van der Waals surface area contributed by atoms with Gasteiger partial charge in [-0.2, -0.15) is 0 Å². The Balaban J connectivity index is 2.54. The Labute approximate surface area is 86.0 Å². The van der Waals surface area contributed by atoms with Crippen molar-refractivity contribution in [1.82, 2.24) is 5.32 Å². The maximum absolute atomic E-state index is 9.18. The van der Waals surface area contributed by atoms with Crippen molar-refractivity contribution < 1.29 is 5.11 Å². The molecule has 0 aliphatic heterocycles. The predicted octanol–water partition coefficient (Wildman–Crippen LogP) is 2.11. The lowest BCUT2D eigenvalue weighted by molar-refractivity contribution is 0.185. The van der Waals surface area contributed by atoms with E-state index < -0.39 is 0 Å². The van der Waals surface area contributed by atoms with Crippen LogP contribution >= 0.6 is 0 Å². The number of rotatable bonds is 5. The number of aliphatic hydroxyl groups is 1. The lowest BCUT2D eigenvalue weighted by atomic mass is 10.0. The van der Waals surface area contributed by atoms with Crippen LogP contribution < -0.4 is 5.32 Å². The van der Waals surface area contributed by atoms with E-state index in [0.717, 1.165) is 6.42 Å². The molecule has 1 rings (SSSR count). The Bertz CT molecular complexity index is 246. The minimum absolute atomic E-state index is 0.284. The number of hydrogen-bond acceptors (Lipinski definition) is 2. The molecule has 1 unspecified atom stereocenters. The van der Waals surface area contributed by atoms with E-state index >= 15 is 0 Å². The average Bonchev–Trinajstić information content (AvgIpc) is 2.20. The summed E-state index contributed by atoms with van der Waals surface area (Å²) in [5.41, 5.74) is 1.29. The molecule has 0 aliphatic carbocycles. The van der Waals surface area contributed by atoms with Gasteiger partial charge in [0.2, 0.25) is 0 Å². The molecule has 78 valence electrons. The molecule has 0 heterocycles. The van der Waals surface area contributed by atoms with Crippen LogP contribution in [-0.4, -0.2) is 17.8 Å². The molecule has 2 N–H and O–H groups in total. The van der Waals surface area contributed by atoms with Crippen molar-refractivity contribution in [1.29, 1.82) is 0 Å². The molecule has 1 aromatic carbocycles. The van der Waals surface area contributed by atoms with Crippen LogP contribution in [-0.2, 0) is 0 Å². The molecule has 2 heteroatoms. The number of hydrogen-bond donors (Lipinski definition) is 2. The molecule has 1 aromatic rings. The van der Waals surface area contributed by atoms with Gasteiger partial charge in [0.15, 0.2) is 0 Å². The van der Waals surface area contributed by atoms with Crippen molar-refractivity contribution in [2.24, 2.45) is 0 Å². The van der Waals surface area contributed by atoms with Crippen molar-refractivity contribution in [3.8, 4) is 0 Å². The van der Waals surface area contributed by atoms with Crippen molar-refractivity contribution >= 4 is 0 Å². The highest BCUT2D eigenvalue weighted by Gasteiger charge is 2.08. The Morgan fingerprint density at radius 2 is 1.93 bits per heavy atom. The van der Waals surface area contributed by atoms with E-state index in [9.17, 15) is 5.11 Å². The van der Waals surface area contributed by atoms with Gasteiger partial charge < -0.3 is 10.4 Å². The summed E-state index contributed by atoms with van der Waals surface area (Å²) in [4.78, 5) is 0. The van der Waals surface area contributed by atoms with Gasteiger partial charge in [-0.3, -0.25) is 0 Å². The van der Waals surface area contributed by atoms with Gasteiger partial charge in [0, 0.05) is 12.6 Å². The third kappa shape index (κ3) is 3.48. The standard InChI is InChI=1S/C12H19NO/c1-3-12(13-9-10(2)14)11-7-5-4-6-8-11/h4-8,10,12-14H,3,9H2,1-2H3/t10-,12?/m1/s1. The fraction of sp³-hybridized carbons (Fsp3) is 0.500. The summed E-state index contributed by atoms with van der Waals surface area (Å²) in [6.45, 7) is 4.59. The van der Waals surface area contributed by atoms with E-state index in [4.69, 9.17) is 0 Å². The summed E-state index contributed by atoms with van der Waals surface area (Å²) in [7, 11) is 0. The average molecular weight is 193 g/mol. The van der Waals surface area contributed by atoms with Crippen LogP contribution in [0.5, 0.6) is 0 Å². The number of aliphatic hydroxyl groups excluding tert-OH is 1. The summed E-state index contributed by atoms with van der Waals surface area (Å²) in [6.07, 6.45) is 0.754. The fourth-order valence-electron chi connectivity index (χ4n) is 1.50. The van der Waals surface area contributed by atoms with Gasteiger partial charge in [0.25, 0.3) is 0 Å². The van der Waals surface area contributed by atoms with Crippen molar-refractivity contribution in [3.05, 3.63) is 35.9 Å². The summed E-state index contributed by atoms with van der Waals surface area (Å²) < 4.78 is 0. The molecule has 0 aromatic heterocycles. The van der Waals surface area contributed by atoms with Crippen molar-refractivity contribution in [3.63, 3.8) is 0 Å². The maximum atomic E-state index is 9.18. The number of nitrogens with one attached hydrogen (secondary N) is 1. The smallest absolute Gasteiger partial charge is 0.0636 e. The van der Waals surface area contributed by atoms with Crippen LogP contribution in [0.3, 0.4) is 0 Å². The van der Waals surface area contributed by atoms with E-state index in [2.05, 4.69) is 24.4 Å². The first-order valence-electron chi connectivity index (χ1n) is 5.20. The molecule has 0 spiro atoms. The van der Waals surface area contributed by atoms with Gasteiger partial charge in [-0.15, -0.1) is 0 Å². The van der Waals surface area contributed by atoms with E-state index in [1.54, 1.807) is 6.92 Å². The van der Waals surface area contributed by atoms with Gasteiger partial charge in [0.1, 0.15) is 0 Å². The molecule has 0 saturated heterocycles. The quantitative estimate of drug-likeness (QED) is 0.750. The van der Waals surface area contributed by atoms with Crippen LogP contribution in [0.1, 0.15) is 31.9 Å². The lowest BCUT2D eigenvalue weighted by Gasteiger charge is -2.18. The second-order valence-corrected chi connectivity index (χ2v) is 3.63. The van der Waals surface area contributed by atoms with Gasteiger partial charge in [-0.25, -0.2) is 0 Å². The number of benzene rings is 1. The Kier molecular flexibility index (Phi) is 4.63. The molecular formula is C12H19NO. The zero-order chi connectivity index (χ0) is 10.4. The zero-order valence-electron chi connectivity index (χ0n) is 8.90. The topological polar surface area (TPSA) is 32.3 Å². The molecular weight excluding hydrogens is 174 g/mol. The Hall–Kier alpha value is -0.860. The van der Waals surface area contributed by atoms with Crippen LogP contribution in [0, 0.1) is 0 Å². The molecule has 2 atom stereocenters. The van der Waals surface area contributed by atoms with E-state index in [1.807, 2.05) is 18.2 Å². The normalized spacial score (nSPS) is 15.1. The van der Waals surface area contributed by atoms with Crippen LogP contribution in [0.15, 0.2) is 30.3 Å². The van der Waals surface area contributed by atoms with Crippen LogP contribution in [0.25, 0.3) is 0 Å². The molecule has 0 saturated carbocycles. The highest BCUT2D eigenvalue weighted by atomic mass is 16.3.